The number of ether oxygens (including phenoxy) is 1. The Hall–Kier alpha value is -2.24. The first-order valence-electron chi connectivity index (χ1n) is 7.22. The largest absolute Gasteiger partial charge is 0.461 e. The highest BCUT2D eigenvalue weighted by atomic mass is 35.5. The molecule has 6 heteroatoms. The van der Waals surface area contributed by atoms with Crippen LogP contribution in [0.25, 0.3) is 11.0 Å². The summed E-state index contributed by atoms with van der Waals surface area (Å²) in [6.07, 6.45) is 0. The highest BCUT2D eigenvalue weighted by molar-refractivity contribution is 7.99. The lowest BCUT2D eigenvalue weighted by molar-refractivity contribution is 0.0526. The zero-order chi connectivity index (χ0) is 16.9. The van der Waals surface area contributed by atoms with Gasteiger partial charge in [-0.25, -0.2) is 9.59 Å². The van der Waals surface area contributed by atoms with E-state index in [-0.39, 0.29) is 12.2 Å². The third-order valence-corrected chi connectivity index (χ3v) is 4.49. The quantitative estimate of drug-likeness (QED) is 0.292. The molecule has 0 saturated carbocycles. The van der Waals surface area contributed by atoms with Crippen LogP contribution < -0.4 is 5.63 Å². The second-order valence-electron chi connectivity index (χ2n) is 4.92. The van der Waals surface area contributed by atoms with E-state index in [1.54, 1.807) is 36.4 Å². The van der Waals surface area contributed by atoms with E-state index < -0.39 is 11.6 Å². The summed E-state index contributed by atoms with van der Waals surface area (Å²) in [6.45, 7) is 0.193. The van der Waals surface area contributed by atoms with Gasteiger partial charge in [0.2, 0.25) is 0 Å². The second-order valence-corrected chi connectivity index (χ2v) is 6.53. The smallest absolute Gasteiger partial charge is 0.351 e. The van der Waals surface area contributed by atoms with Gasteiger partial charge in [0.1, 0.15) is 17.8 Å². The summed E-state index contributed by atoms with van der Waals surface area (Å²) in [5, 5.41) is 1.35. The van der Waals surface area contributed by atoms with Crippen LogP contribution in [0.3, 0.4) is 0 Å². The van der Waals surface area contributed by atoms with E-state index in [0.717, 1.165) is 4.90 Å². The minimum absolute atomic E-state index is 0.0924. The first-order chi connectivity index (χ1) is 11.6. The first-order valence-corrected chi connectivity index (χ1v) is 8.58. The Labute approximate surface area is 147 Å². The maximum atomic E-state index is 12.1. The molecule has 0 unspecified atom stereocenters. The second kappa shape index (κ2) is 7.55. The number of benzene rings is 2. The standard InChI is InChI=1S/C18H13ClO4S/c19-13-5-7-14(8-6-13)24-10-9-22-17(20)15-11-12-3-1-2-4-16(12)23-18(15)21/h1-8,11H,9-10H2. The van der Waals surface area contributed by atoms with Gasteiger partial charge in [-0.15, -0.1) is 11.8 Å². The van der Waals surface area contributed by atoms with Crippen LogP contribution in [0, 0.1) is 0 Å². The van der Waals surface area contributed by atoms with E-state index in [9.17, 15) is 9.59 Å². The molecule has 4 nitrogen and oxygen atoms in total. The lowest BCUT2D eigenvalue weighted by Gasteiger charge is -2.05. The fraction of sp³-hybridized carbons (Fsp3) is 0.111. The Morgan fingerprint density at radius 1 is 1.12 bits per heavy atom. The number of para-hydroxylation sites is 1. The number of rotatable bonds is 5. The molecule has 0 fully saturated rings. The van der Waals surface area contributed by atoms with Crippen LogP contribution in [0.1, 0.15) is 10.4 Å². The van der Waals surface area contributed by atoms with Crippen LogP contribution in [0.4, 0.5) is 0 Å². The zero-order valence-electron chi connectivity index (χ0n) is 12.5. The molecule has 0 aliphatic heterocycles. The number of halogens is 1. The van der Waals surface area contributed by atoms with Crippen LogP contribution in [-0.4, -0.2) is 18.3 Å². The predicted molar refractivity (Wildman–Crippen MR) is 94.9 cm³/mol. The summed E-state index contributed by atoms with van der Waals surface area (Å²) >= 11 is 7.36. The van der Waals surface area contributed by atoms with Gasteiger partial charge in [-0.05, 0) is 36.4 Å². The molecule has 0 aliphatic carbocycles. The molecule has 3 rings (SSSR count). The average molecular weight is 361 g/mol. The molecule has 0 bridgehead atoms. The van der Waals surface area contributed by atoms with E-state index in [4.69, 9.17) is 20.8 Å². The third-order valence-electron chi connectivity index (χ3n) is 3.26. The molecule has 0 radical (unpaired) electrons. The fourth-order valence-corrected chi connectivity index (χ4v) is 2.96. The lowest BCUT2D eigenvalue weighted by Crippen LogP contribution is -2.17. The Balaban J connectivity index is 1.60. The van der Waals surface area contributed by atoms with Gasteiger partial charge < -0.3 is 9.15 Å². The van der Waals surface area contributed by atoms with Gasteiger partial charge in [0.25, 0.3) is 0 Å². The van der Waals surface area contributed by atoms with Crippen molar-refractivity contribution in [3.05, 3.63) is 75.6 Å². The van der Waals surface area contributed by atoms with Gasteiger partial charge in [0.15, 0.2) is 0 Å². The summed E-state index contributed by atoms with van der Waals surface area (Å²) < 4.78 is 10.3. The summed E-state index contributed by atoms with van der Waals surface area (Å²) in [7, 11) is 0. The molecule has 24 heavy (non-hydrogen) atoms. The van der Waals surface area contributed by atoms with Crippen molar-refractivity contribution in [2.75, 3.05) is 12.4 Å². The maximum absolute atomic E-state index is 12.1. The summed E-state index contributed by atoms with van der Waals surface area (Å²) in [5.41, 5.74) is -0.341. The number of esters is 1. The molecule has 0 aliphatic rings. The maximum Gasteiger partial charge on any atom is 0.351 e. The van der Waals surface area contributed by atoms with E-state index in [1.165, 1.54) is 17.8 Å². The molecule has 0 N–H and O–H groups in total. The number of hydrogen-bond donors (Lipinski definition) is 0. The SMILES string of the molecule is O=C(OCCSc1ccc(Cl)cc1)c1cc2ccccc2oc1=O. The monoisotopic (exact) mass is 360 g/mol. The van der Waals surface area contributed by atoms with Crippen molar-refractivity contribution in [2.24, 2.45) is 0 Å². The molecule has 2 aromatic carbocycles. The highest BCUT2D eigenvalue weighted by Crippen LogP contribution is 2.20. The molecule has 3 aromatic rings. The van der Waals surface area contributed by atoms with Crippen molar-refractivity contribution in [3.8, 4) is 0 Å². The molecular formula is C18H13ClO4S. The van der Waals surface area contributed by atoms with E-state index in [0.29, 0.717) is 21.7 Å². The number of carbonyl (C=O) groups is 1. The Morgan fingerprint density at radius 2 is 1.88 bits per heavy atom. The molecule has 0 atom stereocenters. The molecule has 1 aromatic heterocycles. The number of hydrogen-bond acceptors (Lipinski definition) is 5. The van der Waals surface area contributed by atoms with Gasteiger partial charge in [-0.1, -0.05) is 29.8 Å². The zero-order valence-corrected chi connectivity index (χ0v) is 14.1. The third kappa shape index (κ3) is 3.99. The number of carbonyl (C=O) groups excluding carboxylic acids is 1. The Bertz CT molecular complexity index is 918. The van der Waals surface area contributed by atoms with Crippen molar-refractivity contribution >= 4 is 40.3 Å². The molecule has 0 amide bonds. The van der Waals surface area contributed by atoms with Gasteiger partial charge in [0.05, 0.1) is 0 Å². The van der Waals surface area contributed by atoms with Crippen LogP contribution >= 0.6 is 23.4 Å². The summed E-state index contributed by atoms with van der Waals surface area (Å²) in [4.78, 5) is 25.0. The molecular weight excluding hydrogens is 348 g/mol. The lowest BCUT2D eigenvalue weighted by atomic mass is 10.2. The van der Waals surface area contributed by atoms with E-state index >= 15 is 0 Å². The van der Waals surface area contributed by atoms with Gasteiger partial charge >= 0.3 is 11.6 Å². The van der Waals surface area contributed by atoms with Crippen molar-refractivity contribution in [1.29, 1.82) is 0 Å². The molecule has 0 spiro atoms. The van der Waals surface area contributed by atoms with Gasteiger partial charge in [0, 0.05) is 21.1 Å². The van der Waals surface area contributed by atoms with Crippen LogP contribution in [0.15, 0.2) is 68.7 Å². The van der Waals surface area contributed by atoms with Crippen molar-refractivity contribution in [2.45, 2.75) is 4.90 Å². The average Bonchev–Trinajstić information content (AvgIpc) is 2.59. The van der Waals surface area contributed by atoms with Crippen LogP contribution in [-0.2, 0) is 4.74 Å². The minimum Gasteiger partial charge on any atom is -0.461 e. The summed E-state index contributed by atoms with van der Waals surface area (Å²) in [6, 6.07) is 15.9. The molecule has 0 saturated heterocycles. The Kier molecular flexibility index (Phi) is 5.23. The van der Waals surface area contributed by atoms with Crippen molar-refractivity contribution in [1.82, 2.24) is 0 Å². The highest BCUT2D eigenvalue weighted by Gasteiger charge is 2.14. The first kappa shape index (κ1) is 16.6. The predicted octanol–water partition coefficient (Wildman–Crippen LogP) is 4.40. The van der Waals surface area contributed by atoms with Gasteiger partial charge in [-0.3, -0.25) is 0 Å². The van der Waals surface area contributed by atoms with Gasteiger partial charge in [-0.2, -0.15) is 0 Å². The van der Waals surface area contributed by atoms with Crippen molar-refractivity contribution < 1.29 is 13.9 Å². The molecule has 122 valence electrons. The summed E-state index contributed by atoms with van der Waals surface area (Å²) in [5.74, 6) is -0.0991. The number of thioether (sulfide) groups is 1. The molecule has 1 heterocycles. The van der Waals surface area contributed by atoms with E-state index in [1.807, 2.05) is 12.1 Å². The normalized spacial score (nSPS) is 10.7. The van der Waals surface area contributed by atoms with Crippen LogP contribution in [0.2, 0.25) is 5.02 Å². The van der Waals surface area contributed by atoms with Crippen molar-refractivity contribution in [3.63, 3.8) is 0 Å². The van der Waals surface area contributed by atoms with Crippen LogP contribution in [0.5, 0.6) is 0 Å². The topological polar surface area (TPSA) is 56.5 Å². The number of fused-ring (bicyclic) bond motifs is 1. The minimum atomic E-state index is -0.691. The Morgan fingerprint density at radius 3 is 2.67 bits per heavy atom. The fourth-order valence-electron chi connectivity index (χ4n) is 2.11. The van der Waals surface area contributed by atoms with E-state index in [2.05, 4.69) is 0 Å².